The normalized spacial score (nSPS) is 12.5. The zero-order chi connectivity index (χ0) is 17.2. The second kappa shape index (κ2) is 7.22. The van der Waals surface area contributed by atoms with Crippen molar-refractivity contribution in [2.75, 3.05) is 11.1 Å². The van der Waals surface area contributed by atoms with Crippen LogP contribution in [0.25, 0.3) is 10.8 Å². The predicted octanol–water partition coefficient (Wildman–Crippen LogP) is 5.57. The molecule has 0 bridgehead atoms. The number of benzene rings is 3. The van der Waals surface area contributed by atoms with Crippen LogP contribution in [0.2, 0.25) is 0 Å². The molecule has 1 aliphatic rings. The Balaban J connectivity index is 1.41. The van der Waals surface area contributed by atoms with Crippen LogP contribution < -0.4 is 5.32 Å². The van der Waals surface area contributed by atoms with Gasteiger partial charge in [-0.1, -0.05) is 52.3 Å². The first-order valence-electron chi connectivity index (χ1n) is 8.36. The topological polar surface area (TPSA) is 29.1 Å². The molecule has 0 saturated carbocycles. The fourth-order valence-corrected chi connectivity index (χ4v) is 4.44. The highest BCUT2D eigenvalue weighted by molar-refractivity contribution is 9.10. The molecule has 3 aromatic rings. The standard InChI is InChI=1S/C21H18BrNOS/c22-17-9-4-14(5-10-17)12-25-13-20(24)23-19-11-8-16-7-6-15-2-1-3-18(19)21(15)16/h1-5,8-11H,6-7,12-13H2,(H,23,24). The van der Waals surface area contributed by atoms with Crippen LogP contribution in [0.3, 0.4) is 0 Å². The van der Waals surface area contributed by atoms with Gasteiger partial charge in [0, 0.05) is 21.3 Å². The number of carbonyl (C=O) groups excluding carboxylic acids is 1. The van der Waals surface area contributed by atoms with Gasteiger partial charge in [-0.3, -0.25) is 4.79 Å². The number of rotatable bonds is 5. The summed E-state index contributed by atoms with van der Waals surface area (Å²) < 4.78 is 1.08. The lowest BCUT2D eigenvalue weighted by molar-refractivity contribution is -0.113. The summed E-state index contributed by atoms with van der Waals surface area (Å²) in [4.78, 5) is 12.3. The Morgan fingerprint density at radius 1 is 1.00 bits per heavy atom. The third kappa shape index (κ3) is 3.60. The van der Waals surface area contributed by atoms with Gasteiger partial charge in [0.25, 0.3) is 0 Å². The number of hydrogen-bond acceptors (Lipinski definition) is 2. The number of nitrogens with one attached hydrogen (secondary N) is 1. The van der Waals surface area contributed by atoms with Gasteiger partial charge in [-0.05, 0) is 53.1 Å². The van der Waals surface area contributed by atoms with Gasteiger partial charge in [0.1, 0.15) is 0 Å². The maximum atomic E-state index is 12.3. The van der Waals surface area contributed by atoms with Crippen molar-refractivity contribution in [1.82, 2.24) is 0 Å². The number of carbonyl (C=O) groups is 1. The molecule has 0 spiro atoms. The van der Waals surface area contributed by atoms with E-state index in [1.165, 1.54) is 27.5 Å². The lowest BCUT2D eigenvalue weighted by Crippen LogP contribution is -2.14. The molecular formula is C21H18BrNOS. The molecule has 4 rings (SSSR count). The van der Waals surface area contributed by atoms with Crippen molar-refractivity contribution in [1.29, 1.82) is 0 Å². The Kier molecular flexibility index (Phi) is 4.82. The summed E-state index contributed by atoms with van der Waals surface area (Å²) in [6.07, 6.45) is 2.21. The number of halogens is 1. The van der Waals surface area contributed by atoms with Crippen LogP contribution in [-0.4, -0.2) is 11.7 Å². The van der Waals surface area contributed by atoms with Crippen molar-refractivity contribution in [2.45, 2.75) is 18.6 Å². The Morgan fingerprint density at radius 3 is 2.56 bits per heavy atom. The zero-order valence-corrected chi connectivity index (χ0v) is 16.1. The van der Waals surface area contributed by atoms with Gasteiger partial charge in [-0.15, -0.1) is 11.8 Å². The summed E-state index contributed by atoms with van der Waals surface area (Å²) in [7, 11) is 0. The molecule has 0 aliphatic heterocycles. The third-order valence-electron chi connectivity index (χ3n) is 4.57. The van der Waals surface area contributed by atoms with E-state index in [1.54, 1.807) is 11.8 Å². The molecule has 25 heavy (non-hydrogen) atoms. The molecule has 0 radical (unpaired) electrons. The van der Waals surface area contributed by atoms with Gasteiger partial charge in [0.15, 0.2) is 0 Å². The van der Waals surface area contributed by atoms with E-state index in [-0.39, 0.29) is 5.91 Å². The van der Waals surface area contributed by atoms with E-state index in [0.29, 0.717) is 5.75 Å². The monoisotopic (exact) mass is 411 g/mol. The average Bonchev–Trinajstić information content (AvgIpc) is 3.04. The maximum absolute atomic E-state index is 12.3. The number of anilines is 1. The van der Waals surface area contributed by atoms with Crippen molar-refractivity contribution in [3.63, 3.8) is 0 Å². The molecule has 1 N–H and O–H groups in total. The van der Waals surface area contributed by atoms with Gasteiger partial charge in [-0.2, -0.15) is 0 Å². The largest absolute Gasteiger partial charge is 0.325 e. The first-order valence-corrected chi connectivity index (χ1v) is 10.3. The molecule has 3 aromatic carbocycles. The quantitative estimate of drug-likeness (QED) is 0.594. The van der Waals surface area contributed by atoms with Crippen LogP contribution in [0.15, 0.2) is 59.1 Å². The summed E-state index contributed by atoms with van der Waals surface area (Å²) in [6, 6.07) is 18.8. The van der Waals surface area contributed by atoms with Crippen LogP contribution in [0.4, 0.5) is 5.69 Å². The van der Waals surface area contributed by atoms with E-state index < -0.39 is 0 Å². The molecule has 126 valence electrons. The Bertz CT molecular complexity index is 926. The van der Waals surface area contributed by atoms with Crippen molar-refractivity contribution in [3.8, 4) is 0 Å². The van der Waals surface area contributed by atoms with Crippen LogP contribution in [-0.2, 0) is 23.4 Å². The highest BCUT2D eigenvalue weighted by Crippen LogP contribution is 2.35. The fourth-order valence-electron chi connectivity index (χ4n) is 3.38. The van der Waals surface area contributed by atoms with Crippen LogP contribution in [0.1, 0.15) is 16.7 Å². The first kappa shape index (κ1) is 16.7. The van der Waals surface area contributed by atoms with E-state index >= 15 is 0 Å². The van der Waals surface area contributed by atoms with Gasteiger partial charge in [0.05, 0.1) is 5.75 Å². The van der Waals surface area contributed by atoms with E-state index in [9.17, 15) is 4.79 Å². The molecule has 2 nitrogen and oxygen atoms in total. The smallest absolute Gasteiger partial charge is 0.234 e. The number of amides is 1. The summed E-state index contributed by atoms with van der Waals surface area (Å²) >= 11 is 5.07. The molecule has 4 heteroatoms. The molecule has 0 heterocycles. The summed E-state index contributed by atoms with van der Waals surface area (Å²) in [5.41, 5.74) is 4.95. The number of aryl methyl sites for hydroxylation is 2. The molecule has 1 amide bonds. The average molecular weight is 412 g/mol. The Morgan fingerprint density at radius 2 is 1.76 bits per heavy atom. The van der Waals surface area contributed by atoms with Crippen LogP contribution in [0.5, 0.6) is 0 Å². The zero-order valence-electron chi connectivity index (χ0n) is 13.7. The highest BCUT2D eigenvalue weighted by Gasteiger charge is 2.16. The molecule has 0 saturated heterocycles. The molecule has 0 fully saturated rings. The van der Waals surface area contributed by atoms with Gasteiger partial charge >= 0.3 is 0 Å². The molecule has 0 atom stereocenters. The number of hydrogen-bond donors (Lipinski definition) is 1. The second-order valence-corrected chi connectivity index (χ2v) is 8.18. The summed E-state index contributed by atoms with van der Waals surface area (Å²) in [6.45, 7) is 0. The van der Waals surface area contributed by atoms with Crippen molar-refractivity contribution in [2.24, 2.45) is 0 Å². The van der Waals surface area contributed by atoms with E-state index in [1.807, 2.05) is 18.2 Å². The first-order chi connectivity index (χ1) is 12.2. The van der Waals surface area contributed by atoms with E-state index in [0.717, 1.165) is 28.8 Å². The molecule has 0 aromatic heterocycles. The Labute approximate surface area is 160 Å². The summed E-state index contributed by atoms with van der Waals surface area (Å²) in [5.74, 6) is 1.35. The minimum absolute atomic E-state index is 0.0563. The van der Waals surface area contributed by atoms with E-state index in [2.05, 4.69) is 57.6 Å². The maximum Gasteiger partial charge on any atom is 0.234 e. The van der Waals surface area contributed by atoms with Gasteiger partial charge in [0.2, 0.25) is 5.91 Å². The lowest BCUT2D eigenvalue weighted by Gasteiger charge is -2.10. The van der Waals surface area contributed by atoms with E-state index in [4.69, 9.17) is 0 Å². The molecular weight excluding hydrogens is 394 g/mol. The van der Waals surface area contributed by atoms with Crippen LogP contribution in [0, 0.1) is 0 Å². The van der Waals surface area contributed by atoms with Crippen molar-refractivity contribution < 1.29 is 4.79 Å². The number of thioether (sulfide) groups is 1. The van der Waals surface area contributed by atoms with Crippen molar-refractivity contribution >= 4 is 50.1 Å². The molecule has 0 unspecified atom stereocenters. The minimum atomic E-state index is 0.0563. The highest BCUT2D eigenvalue weighted by atomic mass is 79.9. The Hall–Kier alpha value is -1.78. The summed E-state index contributed by atoms with van der Waals surface area (Å²) in [5, 5.41) is 5.60. The van der Waals surface area contributed by atoms with Crippen molar-refractivity contribution in [3.05, 3.63) is 75.8 Å². The third-order valence-corrected chi connectivity index (χ3v) is 6.10. The lowest BCUT2D eigenvalue weighted by atomic mass is 10.0. The minimum Gasteiger partial charge on any atom is -0.325 e. The predicted molar refractivity (Wildman–Crippen MR) is 110 cm³/mol. The second-order valence-electron chi connectivity index (χ2n) is 6.28. The van der Waals surface area contributed by atoms with Gasteiger partial charge < -0.3 is 5.32 Å². The fraction of sp³-hybridized carbons (Fsp3) is 0.190. The van der Waals surface area contributed by atoms with Crippen LogP contribution >= 0.6 is 27.7 Å². The molecule has 1 aliphatic carbocycles. The van der Waals surface area contributed by atoms with Gasteiger partial charge in [-0.25, -0.2) is 0 Å². The SMILES string of the molecule is O=C(CSCc1ccc(Br)cc1)Nc1ccc2c3c(cccc13)CC2.